The van der Waals surface area contributed by atoms with Crippen molar-refractivity contribution in [3.05, 3.63) is 0 Å². The molecule has 0 fully saturated rings. The summed E-state index contributed by atoms with van der Waals surface area (Å²) in [6.07, 6.45) is 1.47. The molecular weight excluding hydrogens is 142 g/mol. The molecule has 11 heavy (non-hydrogen) atoms. The second-order valence-corrected chi connectivity index (χ2v) is 3.04. The molecule has 0 spiro atoms. The third-order valence-electron chi connectivity index (χ3n) is 1.77. The van der Waals surface area contributed by atoms with Gasteiger partial charge in [0.25, 0.3) is 0 Å². The maximum atomic E-state index is 10.5. The van der Waals surface area contributed by atoms with Crippen LogP contribution in [0.5, 0.6) is 0 Å². The second-order valence-electron chi connectivity index (χ2n) is 3.04. The lowest BCUT2D eigenvalue weighted by atomic mass is 10.0. The van der Waals surface area contributed by atoms with Gasteiger partial charge in [-0.2, -0.15) is 0 Å². The monoisotopic (exact) mass is 159 g/mol. The summed E-state index contributed by atoms with van der Waals surface area (Å²) < 4.78 is 0. The summed E-state index contributed by atoms with van der Waals surface area (Å²) in [5.41, 5.74) is 0. The lowest BCUT2D eigenvalue weighted by Crippen LogP contribution is -2.20. The summed E-state index contributed by atoms with van der Waals surface area (Å²) in [6.45, 7) is 2.76. The van der Waals surface area contributed by atoms with Gasteiger partial charge < -0.3 is 10.0 Å². The van der Waals surface area contributed by atoms with E-state index in [1.165, 1.54) is 0 Å². The van der Waals surface area contributed by atoms with Crippen LogP contribution < -0.4 is 0 Å². The average molecular weight is 159 g/mol. The first kappa shape index (κ1) is 10.4. The number of aliphatic carboxylic acids is 1. The topological polar surface area (TPSA) is 40.5 Å². The van der Waals surface area contributed by atoms with Gasteiger partial charge in [0.1, 0.15) is 0 Å². The molecule has 0 aliphatic rings. The molecule has 0 heterocycles. The Morgan fingerprint density at radius 2 is 2.09 bits per heavy atom. The SMILES string of the molecule is CCC(CCN(C)C)C(=O)O. The van der Waals surface area contributed by atoms with Gasteiger partial charge in [0.05, 0.1) is 5.92 Å². The lowest BCUT2D eigenvalue weighted by molar-refractivity contribution is -0.142. The van der Waals surface area contributed by atoms with Gasteiger partial charge in [0, 0.05) is 0 Å². The molecule has 66 valence electrons. The first-order chi connectivity index (χ1) is 5.07. The van der Waals surface area contributed by atoms with Gasteiger partial charge >= 0.3 is 5.97 Å². The highest BCUT2D eigenvalue weighted by Crippen LogP contribution is 2.07. The minimum atomic E-state index is -0.672. The van der Waals surface area contributed by atoms with Gasteiger partial charge in [0.2, 0.25) is 0 Å². The van der Waals surface area contributed by atoms with Crippen molar-refractivity contribution >= 4 is 5.97 Å². The molecule has 0 aromatic rings. The van der Waals surface area contributed by atoms with E-state index in [1.54, 1.807) is 0 Å². The first-order valence-corrected chi connectivity index (χ1v) is 3.95. The van der Waals surface area contributed by atoms with Crippen molar-refractivity contribution in [2.24, 2.45) is 5.92 Å². The van der Waals surface area contributed by atoms with E-state index in [2.05, 4.69) is 0 Å². The average Bonchev–Trinajstić information content (AvgIpc) is 1.87. The van der Waals surface area contributed by atoms with Crippen molar-refractivity contribution in [2.45, 2.75) is 19.8 Å². The van der Waals surface area contributed by atoms with Crippen molar-refractivity contribution in [1.82, 2.24) is 4.90 Å². The predicted molar refractivity (Wildman–Crippen MR) is 44.6 cm³/mol. The molecule has 0 aliphatic carbocycles. The fourth-order valence-electron chi connectivity index (χ4n) is 0.916. The largest absolute Gasteiger partial charge is 0.481 e. The van der Waals surface area contributed by atoms with E-state index in [1.807, 2.05) is 25.9 Å². The standard InChI is InChI=1S/C8H17NO2/c1-4-7(8(10)11)5-6-9(2)3/h7H,4-6H2,1-3H3,(H,10,11). The minimum absolute atomic E-state index is 0.169. The van der Waals surface area contributed by atoms with Crippen LogP contribution in [-0.4, -0.2) is 36.6 Å². The molecular formula is C8H17NO2. The van der Waals surface area contributed by atoms with Crippen LogP contribution in [0.3, 0.4) is 0 Å². The van der Waals surface area contributed by atoms with Crippen LogP contribution >= 0.6 is 0 Å². The zero-order chi connectivity index (χ0) is 8.85. The van der Waals surface area contributed by atoms with Gasteiger partial charge in [-0.3, -0.25) is 4.79 Å². The van der Waals surface area contributed by atoms with Crippen molar-refractivity contribution in [1.29, 1.82) is 0 Å². The molecule has 1 atom stereocenters. The van der Waals surface area contributed by atoms with Gasteiger partial charge in [-0.25, -0.2) is 0 Å². The van der Waals surface area contributed by atoms with Crippen molar-refractivity contribution in [2.75, 3.05) is 20.6 Å². The maximum Gasteiger partial charge on any atom is 0.306 e. The predicted octanol–water partition coefficient (Wildman–Crippen LogP) is 1.05. The molecule has 0 radical (unpaired) electrons. The van der Waals surface area contributed by atoms with Gasteiger partial charge in [-0.15, -0.1) is 0 Å². The zero-order valence-electron chi connectivity index (χ0n) is 7.50. The van der Waals surface area contributed by atoms with E-state index < -0.39 is 5.97 Å². The Kier molecular flexibility index (Phi) is 4.86. The van der Waals surface area contributed by atoms with E-state index in [0.29, 0.717) is 0 Å². The smallest absolute Gasteiger partial charge is 0.306 e. The van der Waals surface area contributed by atoms with E-state index in [-0.39, 0.29) is 5.92 Å². The molecule has 0 aliphatic heterocycles. The van der Waals surface area contributed by atoms with Crippen LogP contribution in [0.2, 0.25) is 0 Å². The molecule has 0 rings (SSSR count). The van der Waals surface area contributed by atoms with Crippen LogP contribution in [-0.2, 0) is 4.79 Å². The molecule has 3 heteroatoms. The third-order valence-corrected chi connectivity index (χ3v) is 1.77. The van der Waals surface area contributed by atoms with E-state index in [4.69, 9.17) is 5.11 Å². The van der Waals surface area contributed by atoms with Crippen molar-refractivity contribution < 1.29 is 9.90 Å². The Labute approximate surface area is 68.0 Å². The number of carboxylic acid groups (broad SMARTS) is 1. The fourth-order valence-corrected chi connectivity index (χ4v) is 0.916. The summed E-state index contributed by atoms with van der Waals surface area (Å²) in [5, 5.41) is 8.67. The Bertz CT molecular complexity index is 123. The molecule has 1 unspecified atom stereocenters. The van der Waals surface area contributed by atoms with E-state index in [0.717, 1.165) is 19.4 Å². The fraction of sp³-hybridized carbons (Fsp3) is 0.875. The number of rotatable bonds is 5. The highest BCUT2D eigenvalue weighted by atomic mass is 16.4. The van der Waals surface area contributed by atoms with Crippen LogP contribution in [0.4, 0.5) is 0 Å². The van der Waals surface area contributed by atoms with Gasteiger partial charge in [-0.05, 0) is 33.5 Å². The normalized spacial score (nSPS) is 13.5. The maximum absolute atomic E-state index is 10.5. The lowest BCUT2D eigenvalue weighted by Gasteiger charge is -2.13. The molecule has 0 aromatic heterocycles. The zero-order valence-corrected chi connectivity index (χ0v) is 7.50. The van der Waals surface area contributed by atoms with Crippen LogP contribution in [0, 0.1) is 5.92 Å². The molecule has 0 aromatic carbocycles. The minimum Gasteiger partial charge on any atom is -0.481 e. The first-order valence-electron chi connectivity index (χ1n) is 3.95. The number of carbonyl (C=O) groups is 1. The Morgan fingerprint density at radius 3 is 2.36 bits per heavy atom. The van der Waals surface area contributed by atoms with Gasteiger partial charge in [-0.1, -0.05) is 6.92 Å². The summed E-state index contributed by atoms with van der Waals surface area (Å²) in [7, 11) is 3.91. The summed E-state index contributed by atoms with van der Waals surface area (Å²) in [5.74, 6) is -0.841. The summed E-state index contributed by atoms with van der Waals surface area (Å²) >= 11 is 0. The molecule has 0 bridgehead atoms. The highest BCUT2D eigenvalue weighted by Gasteiger charge is 2.13. The molecule has 0 saturated heterocycles. The Morgan fingerprint density at radius 1 is 1.55 bits per heavy atom. The molecule has 3 nitrogen and oxygen atoms in total. The van der Waals surface area contributed by atoms with E-state index in [9.17, 15) is 4.79 Å². The number of hydrogen-bond acceptors (Lipinski definition) is 2. The number of carboxylic acids is 1. The summed E-state index contributed by atoms with van der Waals surface area (Å²) in [6, 6.07) is 0. The molecule has 0 saturated carbocycles. The molecule has 1 N–H and O–H groups in total. The summed E-state index contributed by atoms with van der Waals surface area (Å²) in [4.78, 5) is 12.5. The number of hydrogen-bond donors (Lipinski definition) is 1. The number of nitrogens with zero attached hydrogens (tertiary/aromatic N) is 1. The van der Waals surface area contributed by atoms with Crippen LogP contribution in [0.1, 0.15) is 19.8 Å². The van der Waals surface area contributed by atoms with Crippen molar-refractivity contribution in [3.63, 3.8) is 0 Å². The Balaban J connectivity index is 3.61. The van der Waals surface area contributed by atoms with Crippen LogP contribution in [0.25, 0.3) is 0 Å². The van der Waals surface area contributed by atoms with Crippen molar-refractivity contribution in [3.8, 4) is 0 Å². The highest BCUT2D eigenvalue weighted by molar-refractivity contribution is 5.69. The Hall–Kier alpha value is -0.570. The quantitative estimate of drug-likeness (QED) is 0.651. The van der Waals surface area contributed by atoms with E-state index >= 15 is 0 Å². The van der Waals surface area contributed by atoms with Gasteiger partial charge in [0.15, 0.2) is 0 Å². The second kappa shape index (κ2) is 5.13. The van der Waals surface area contributed by atoms with Crippen LogP contribution in [0.15, 0.2) is 0 Å². The third kappa shape index (κ3) is 4.79. The molecule has 0 amide bonds.